The molecule has 2 rings (SSSR count). The SMILES string of the molecule is Nc1ccc(SC2CCOCC2)cc1. The van der Waals surface area contributed by atoms with Crippen molar-refractivity contribution < 1.29 is 4.74 Å². The molecule has 14 heavy (non-hydrogen) atoms. The lowest BCUT2D eigenvalue weighted by molar-refractivity contribution is 0.100. The maximum atomic E-state index is 5.63. The molecular formula is C11H15NOS. The molecule has 1 heterocycles. The molecular weight excluding hydrogens is 194 g/mol. The van der Waals surface area contributed by atoms with Crippen LogP contribution >= 0.6 is 11.8 Å². The first kappa shape index (κ1) is 9.87. The van der Waals surface area contributed by atoms with Crippen LogP contribution in [-0.2, 0) is 4.74 Å². The first-order chi connectivity index (χ1) is 6.84. The van der Waals surface area contributed by atoms with Gasteiger partial charge in [-0.2, -0.15) is 0 Å². The molecule has 0 atom stereocenters. The van der Waals surface area contributed by atoms with E-state index in [2.05, 4.69) is 12.1 Å². The number of anilines is 1. The lowest BCUT2D eigenvalue weighted by Gasteiger charge is -2.21. The Kier molecular flexibility index (Phi) is 3.32. The highest BCUT2D eigenvalue weighted by atomic mass is 32.2. The standard InChI is InChI=1S/C11H15NOS/c12-9-1-3-10(4-2-9)14-11-5-7-13-8-6-11/h1-4,11H,5-8,12H2. The third-order valence-corrected chi connectivity index (χ3v) is 3.70. The van der Waals surface area contributed by atoms with Gasteiger partial charge in [0.05, 0.1) is 0 Å². The second-order valence-corrected chi connectivity index (χ2v) is 4.87. The Labute approximate surface area is 88.8 Å². The number of thioether (sulfide) groups is 1. The van der Waals surface area contributed by atoms with Gasteiger partial charge in [0.25, 0.3) is 0 Å². The molecule has 1 aliphatic rings. The lowest BCUT2D eigenvalue weighted by Crippen LogP contribution is -2.17. The quantitative estimate of drug-likeness (QED) is 0.760. The molecule has 0 unspecified atom stereocenters. The lowest BCUT2D eigenvalue weighted by atomic mass is 10.2. The Balaban J connectivity index is 1.92. The summed E-state index contributed by atoms with van der Waals surface area (Å²) in [5.41, 5.74) is 6.47. The zero-order valence-electron chi connectivity index (χ0n) is 8.11. The highest BCUT2D eigenvalue weighted by molar-refractivity contribution is 8.00. The van der Waals surface area contributed by atoms with E-state index in [4.69, 9.17) is 10.5 Å². The van der Waals surface area contributed by atoms with E-state index in [1.807, 2.05) is 23.9 Å². The average Bonchev–Trinajstić information content (AvgIpc) is 2.23. The van der Waals surface area contributed by atoms with E-state index in [9.17, 15) is 0 Å². The van der Waals surface area contributed by atoms with Gasteiger partial charge in [-0.15, -0.1) is 11.8 Å². The molecule has 1 aliphatic heterocycles. The maximum absolute atomic E-state index is 5.63. The molecule has 2 nitrogen and oxygen atoms in total. The van der Waals surface area contributed by atoms with Crippen molar-refractivity contribution in [3.63, 3.8) is 0 Å². The molecule has 0 spiro atoms. The molecule has 2 N–H and O–H groups in total. The summed E-state index contributed by atoms with van der Waals surface area (Å²) in [5.74, 6) is 0. The summed E-state index contributed by atoms with van der Waals surface area (Å²) in [6, 6.07) is 8.11. The predicted molar refractivity (Wildman–Crippen MR) is 60.6 cm³/mol. The predicted octanol–water partition coefficient (Wildman–Crippen LogP) is 2.54. The molecule has 0 bridgehead atoms. The molecule has 3 heteroatoms. The van der Waals surface area contributed by atoms with Gasteiger partial charge in [-0.05, 0) is 37.1 Å². The second-order valence-electron chi connectivity index (χ2n) is 3.50. The van der Waals surface area contributed by atoms with Gasteiger partial charge >= 0.3 is 0 Å². The van der Waals surface area contributed by atoms with E-state index in [1.54, 1.807) is 0 Å². The highest BCUT2D eigenvalue weighted by Gasteiger charge is 2.14. The summed E-state index contributed by atoms with van der Waals surface area (Å²) in [6.07, 6.45) is 2.32. The minimum atomic E-state index is 0.715. The van der Waals surface area contributed by atoms with Crippen LogP contribution in [0, 0.1) is 0 Å². The molecule has 76 valence electrons. The number of hydrogen-bond acceptors (Lipinski definition) is 3. The van der Waals surface area contributed by atoms with Crippen LogP contribution in [0.4, 0.5) is 5.69 Å². The summed E-state index contributed by atoms with van der Waals surface area (Å²) in [7, 11) is 0. The van der Waals surface area contributed by atoms with Crippen molar-refractivity contribution in [3.05, 3.63) is 24.3 Å². The number of nitrogen functional groups attached to an aromatic ring is 1. The van der Waals surface area contributed by atoms with Gasteiger partial charge in [0.1, 0.15) is 0 Å². The minimum absolute atomic E-state index is 0.715. The normalized spacial score (nSPS) is 18.3. The van der Waals surface area contributed by atoms with E-state index in [0.29, 0.717) is 5.25 Å². The van der Waals surface area contributed by atoms with Gasteiger partial charge in [0.15, 0.2) is 0 Å². The Morgan fingerprint density at radius 1 is 1.14 bits per heavy atom. The summed E-state index contributed by atoms with van der Waals surface area (Å²) in [4.78, 5) is 1.31. The van der Waals surface area contributed by atoms with Crippen molar-refractivity contribution in [2.75, 3.05) is 18.9 Å². The maximum Gasteiger partial charge on any atom is 0.0476 e. The fourth-order valence-electron chi connectivity index (χ4n) is 1.53. The average molecular weight is 209 g/mol. The van der Waals surface area contributed by atoms with Gasteiger partial charge in [-0.3, -0.25) is 0 Å². The number of benzene rings is 1. The molecule has 0 radical (unpaired) electrons. The smallest absolute Gasteiger partial charge is 0.0476 e. The molecule has 0 saturated carbocycles. The number of rotatable bonds is 2. The fraction of sp³-hybridized carbons (Fsp3) is 0.455. The fourth-order valence-corrected chi connectivity index (χ4v) is 2.64. The zero-order chi connectivity index (χ0) is 9.80. The van der Waals surface area contributed by atoms with Crippen LogP contribution in [-0.4, -0.2) is 18.5 Å². The van der Waals surface area contributed by atoms with Crippen LogP contribution in [0.3, 0.4) is 0 Å². The summed E-state index contributed by atoms with van der Waals surface area (Å²) < 4.78 is 5.32. The molecule has 0 aliphatic carbocycles. The van der Waals surface area contributed by atoms with Crippen LogP contribution in [0.25, 0.3) is 0 Å². The van der Waals surface area contributed by atoms with Crippen LogP contribution < -0.4 is 5.73 Å². The third-order valence-electron chi connectivity index (χ3n) is 2.35. The van der Waals surface area contributed by atoms with Crippen LogP contribution in [0.15, 0.2) is 29.2 Å². The van der Waals surface area contributed by atoms with Crippen molar-refractivity contribution in [2.24, 2.45) is 0 Å². The van der Waals surface area contributed by atoms with Crippen molar-refractivity contribution in [3.8, 4) is 0 Å². The van der Waals surface area contributed by atoms with E-state index < -0.39 is 0 Å². The molecule has 1 aromatic rings. The third kappa shape index (κ3) is 2.66. The summed E-state index contributed by atoms with van der Waals surface area (Å²) in [6.45, 7) is 1.82. The van der Waals surface area contributed by atoms with Gasteiger partial charge in [0, 0.05) is 29.0 Å². The second kappa shape index (κ2) is 4.71. The van der Waals surface area contributed by atoms with E-state index in [-0.39, 0.29) is 0 Å². The Hall–Kier alpha value is -0.670. The van der Waals surface area contributed by atoms with Crippen molar-refractivity contribution in [1.82, 2.24) is 0 Å². The summed E-state index contributed by atoms with van der Waals surface area (Å²) >= 11 is 1.94. The van der Waals surface area contributed by atoms with Crippen LogP contribution in [0.5, 0.6) is 0 Å². The largest absolute Gasteiger partial charge is 0.399 e. The van der Waals surface area contributed by atoms with Crippen molar-refractivity contribution >= 4 is 17.4 Å². The molecule has 1 aromatic carbocycles. The van der Waals surface area contributed by atoms with Gasteiger partial charge in [-0.25, -0.2) is 0 Å². The van der Waals surface area contributed by atoms with Gasteiger partial charge < -0.3 is 10.5 Å². The monoisotopic (exact) mass is 209 g/mol. The van der Waals surface area contributed by atoms with Gasteiger partial charge in [0.2, 0.25) is 0 Å². The molecule has 1 fully saturated rings. The molecule has 1 saturated heterocycles. The Morgan fingerprint density at radius 3 is 2.43 bits per heavy atom. The molecule has 0 amide bonds. The molecule has 0 aromatic heterocycles. The Bertz CT molecular complexity index is 280. The van der Waals surface area contributed by atoms with E-state index >= 15 is 0 Å². The zero-order valence-corrected chi connectivity index (χ0v) is 8.93. The van der Waals surface area contributed by atoms with Gasteiger partial charge in [-0.1, -0.05) is 0 Å². The number of ether oxygens (including phenoxy) is 1. The van der Waals surface area contributed by atoms with E-state index in [0.717, 1.165) is 31.7 Å². The van der Waals surface area contributed by atoms with Crippen LogP contribution in [0.2, 0.25) is 0 Å². The highest BCUT2D eigenvalue weighted by Crippen LogP contribution is 2.29. The summed E-state index contributed by atoms with van der Waals surface area (Å²) in [5, 5.41) is 0.715. The number of hydrogen-bond donors (Lipinski definition) is 1. The van der Waals surface area contributed by atoms with Crippen molar-refractivity contribution in [1.29, 1.82) is 0 Å². The topological polar surface area (TPSA) is 35.2 Å². The van der Waals surface area contributed by atoms with E-state index in [1.165, 1.54) is 4.90 Å². The first-order valence-corrected chi connectivity index (χ1v) is 5.82. The minimum Gasteiger partial charge on any atom is -0.399 e. The Morgan fingerprint density at radius 2 is 1.79 bits per heavy atom. The van der Waals surface area contributed by atoms with Crippen LogP contribution in [0.1, 0.15) is 12.8 Å². The van der Waals surface area contributed by atoms with Crippen molar-refractivity contribution in [2.45, 2.75) is 23.0 Å². The number of nitrogens with two attached hydrogens (primary N) is 1. The first-order valence-electron chi connectivity index (χ1n) is 4.94.